The van der Waals surface area contributed by atoms with Crippen LogP contribution >= 0.6 is 0 Å². The minimum Gasteiger partial charge on any atom is -0.491 e. The fourth-order valence-corrected chi connectivity index (χ4v) is 2.09. The SMILES string of the molecule is CC(C)OCCCCNC(C)c1ccc(OC(C)C)cc1. The largest absolute Gasteiger partial charge is 0.491 e. The topological polar surface area (TPSA) is 30.5 Å². The molecule has 0 saturated carbocycles. The van der Waals surface area contributed by atoms with Gasteiger partial charge in [0, 0.05) is 12.6 Å². The van der Waals surface area contributed by atoms with Crippen molar-refractivity contribution in [1.29, 1.82) is 0 Å². The molecule has 0 aliphatic carbocycles. The molecule has 1 atom stereocenters. The van der Waals surface area contributed by atoms with E-state index in [4.69, 9.17) is 9.47 Å². The number of hydrogen-bond acceptors (Lipinski definition) is 3. The first-order valence-electron chi connectivity index (χ1n) is 8.10. The first-order chi connectivity index (χ1) is 9.99. The van der Waals surface area contributed by atoms with E-state index in [-0.39, 0.29) is 6.10 Å². The molecule has 0 spiro atoms. The fourth-order valence-electron chi connectivity index (χ4n) is 2.09. The molecule has 0 fully saturated rings. The molecule has 120 valence electrons. The van der Waals surface area contributed by atoms with Crippen molar-refractivity contribution in [2.24, 2.45) is 0 Å². The maximum Gasteiger partial charge on any atom is 0.119 e. The predicted octanol–water partition coefficient (Wildman–Crippen LogP) is 4.33. The molecular formula is C18H31NO2. The normalized spacial score (nSPS) is 12.9. The molecule has 0 amide bonds. The number of hydrogen-bond donors (Lipinski definition) is 1. The van der Waals surface area contributed by atoms with Crippen molar-refractivity contribution in [3.8, 4) is 5.75 Å². The summed E-state index contributed by atoms with van der Waals surface area (Å²) in [6.07, 6.45) is 2.81. The van der Waals surface area contributed by atoms with Crippen LogP contribution in [-0.4, -0.2) is 25.4 Å². The van der Waals surface area contributed by atoms with Gasteiger partial charge >= 0.3 is 0 Å². The molecule has 0 aromatic heterocycles. The smallest absolute Gasteiger partial charge is 0.119 e. The molecule has 1 N–H and O–H groups in total. The third-order valence-electron chi connectivity index (χ3n) is 3.22. The van der Waals surface area contributed by atoms with Crippen LogP contribution in [0.4, 0.5) is 0 Å². The molecule has 1 aromatic rings. The highest BCUT2D eigenvalue weighted by Gasteiger charge is 2.05. The highest BCUT2D eigenvalue weighted by atomic mass is 16.5. The molecule has 0 radical (unpaired) electrons. The van der Waals surface area contributed by atoms with Crippen LogP contribution in [0.2, 0.25) is 0 Å². The van der Waals surface area contributed by atoms with Gasteiger partial charge in [-0.15, -0.1) is 0 Å². The monoisotopic (exact) mass is 293 g/mol. The highest BCUT2D eigenvalue weighted by Crippen LogP contribution is 2.18. The van der Waals surface area contributed by atoms with Crippen molar-refractivity contribution in [1.82, 2.24) is 5.32 Å². The van der Waals surface area contributed by atoms with Gasteiger partial charge in [0.15, 0.2) is 0 Å². The second-order valence-electron chi connectivity index (χ2n) is 6.04. The Kier molecular flexibility index (Phi) is 8.40. The van der Waals surface area contributed by atoms with Gasteiger partial charge in [-0.2, -0.15) is 0 Å². The Bertz CT molecular complexity index is 373. The summed E-state index contributed by atoms with van der Waals surface area (Å²) in [5.74, 6) is 0.937. The Labute approximate surface area is 130 Å². The van der Waals surface area contributed by atoms with E-state index >= 15 is 0 Å². The zero-order valence-corrected chi connectivity index (χ0v) is 14.2. The molecule has 1 aromatic carbocycles. The second kappa shape index (κ2) is 9.80. The molecule has 1 rings (SSSR count). The summed E-state index contributed by atoms with van der Waals surface area (Å²) in [6, 6.07) is 8.73. The van der Waals surface area contributed by atoms with Crippen LogP contribution in [0.1, 0.15) is 59.1 Å². The zero-order chi connectivity index (χ0) is 15.7. The molecule has 0 bridgehead atoms. The Balaban J connectivity index is 2.24. The van der Waals surface area contributed by atoms with Crippen LogP contribution < -0.4 is 10.1 Å². The minimum absolute atomic E-state index is 0.222. The molecule has 0 saturated heterocycles. The maximum atomic E-state index is 5.66. The Morgan fingerprint density at radius 2 is 1.57 bits per heavy atom. The van der Waals surface area contributed by atoms with Crippen molar-refractivity contribution in [3.05, 3.63) is 29.8 Å². The quantitative estimate of drug-likeness (QED) is 0.651. The Morgan fingerprint density at radius 1 is 0.905 bits per heavy atom. The van der Waals surface area contributed by atoms with Crippen LogP contribution in [0.25, 0.3) is 0 Å². The van der Waals surface area contributed by atoms with E-state index < -0.39 is 0 Å². The number of nitrogens with one attached hydrogen (secondary N) is 1. The third kappa shape index (κ3) is 8.08. The fraction of sp³-hybridized carbons (Fsp3) is 0.667. The van der Waals surface area contributed by atoms with Crippen LogP contribution in [0.15, 0.2) is 24.3 Å². The van der Waals surface area contributed by atoms with E-state index in [1.807, 2.05) is 26.0 Å². The van der Waals surface area contributed by atoms with Crippen LogP contribution in [0.3, 0.4) is 0 Å². The highest BCUT2D eigenvalue weighted by molar-refractivity contribution is 5.29. The van der Waals surface area contributed by atoms with Gasteiger partial charge in [0.2, 0.25) is 0 Å². The lowest BCUT2D eigenvalue weighted by atomic mass is 10.1. The van der Waals surface area contributed by atoms with E-state index in [1.165, 1.54) is 5.56 Å². The summed E-state index contributed by atoms with van der Waals surface area (Å²) in [5.41, 5.74) is 1.30. The lowest BCUT2D eigenvalue weighted by molar-refractivity contribution is 0.0759. The Morgan fingerprint density at radius 3 is 2.14 bits per heavy atom. The second-order valence-corrected chi connectivity index (χ2v) is 6.04. The molecule has 0 aliphatic heterocycles. The molecule has 0 heterocycles. The van der Waals surface area contributed by atoms with Gasteiger partial charge in [0.1, 0.15) is 5.75 Å². The van der Waals surface area contributed by atoms with Gasteiger partial charge in [0.25, 0.3) is 0 Å². The molecule has 21 heavy (non-hydrogen) atoms. The van der Waals surface area contributed by atoms with Gasteiger partial charge in [-0.05, 0) is 71.7 Å². The number of ether oxygens (including phenoxy) is 2. The van der Waals surface area contributed by atoms with Crippen molar-refractivity contribution in [2.45, 2.75) is 65.7 Å². The number of unbranched alkanes of at least 4 members (excludes halogenated alkanes) is 1. The summed E-state index contributed by atoms with van der Waals surface area (Å²) < 4.78 is 11.2. The summed E-state index contributed by atoms with van der Waals surface area (Å²) >= 11 is 0. The van der Waals surface area contributed by atoms with Crippen molar-refractivity contribution in [2.75, 3.05) is 13.2 Å². The molecular weight excluding hydrogens is 262 g/mol. The van der Waals surface area contributed by atoms with Crippen molar-refractivity contribution in [3.63, 3.8) is 0 Å². The number of rotatable bonds is 10. The predicted molar refractivity (Wildman–Crippen MR) is 88.9 cm³/mol. The molecule has 3 heteroatoms. The average molecular weight is 293 g/mol. The van der Waals surface area contributed by atoms with Gasteiger partial charge in [-0.3, -0.25) is 0 Å². The first kappa shape index (κ1) is 18.0. The maximum absolute atomic E-state index is 5.66. The summed E-state index contributed by atoms with van der Waals surface area (Å²) in [4.78, 5) is 0. The van der Waals surface area contributed by atoms with Gasteiger partial charge < -0.3 is 14.8 Å². The first-order valence-corrected chi connectivity index (χ1v) is 8.10. The summed E-state index contributed by atoms with van der Waals surface area (Å²) in [5, 5.41) is 3.55. The zero-order valence-electron chi connectivity index (χ0n) is 14.2. The van der Waals surface area contributed by atoms with Crippen LogP contribution in [-0.2, 0) is 4.74 Å². The Hall–Kier alpha value is -1.06. The van der Waals surface area contributed by atoms with Gasteiger partial charge in [0.05, 0.1) is 12.2 Å². The average Bonchev–Trinajstić information content (AvgIpc) is 2.42. The molecule has 0 aliphatic rings. The van der Waals surface area contributed by atoms with E-state index in [2.05, 4.69) is 38.2 Å². The van der Waals surface area contributed by atoms with E-state index in [0.29, 0.717) is 12.1 Å². The van der Waals surface area contributed by atoms with E-state index in [1.54, 1.807) is 0 Å². The lowest BCUT2D eigenvalue weighted by Gasteiger charge is -2.16. The van der Waals surface area contributed by atoms with Gasteiger partial charge in [-0.25, -0.2) is 0 Å². The van der Waals surface area contributed by atoms with E-state index in [0.717, 1.165) is 31.7 Å². The van der Waals surface area contributed by atoms with Crippen molar-refractivity contribution < 1.29 is 9.47 Å². The minimum atomic E-state index is 0.222. The van der Waals surface area contributed by atoms with Gasteiger partial charge in [-0.1, -0.05) is 12.1 Å². The molecule has 3 nitrogen and oxygen atoms in total. The van der Waals surface area contributed by atoms with E-state index in [9.17, 15) is 0 Å². The lowest BCUT2D eigenvalue weighted by Crippen LogP contribution is -2.20. The van der Waals surface area contributed by atoms with Crippen molar-refractivity contribution >= 4 is 0 Å². The van der Waals surface area contributed by atoms with Crippen LogP contribution in [0, 0.1) is 0 Å². The summed E-state index contributed by atoms with van der Waals surface area (Å²) in [6.45, 7) is 12.3. The molecule has 1 unspecified atom stereocenters. The standard InChI is InChI=1S/C18H31NO2/c1-14(2)20-13-7-6-12-19-16(5)17-8-10-18(11-9-17)21-15(3)4/h8-11,14-16,19H,6-7,12-13H2,1-5H3. The third-order valence-corrected chi connectivity index (χ3v) is 3.22. The van der Waals surface area contributed by atoms with Crippen LogP contribution in [0.5, 0.6) is 5.75 Å². The number of benzene rings is 1. The summed E-state index contributed by atoms with van der Waals surface area (Å²) in [7, 11) is 0.